The molecule has 2 heterocycles. The summed E-state index contributed by atoms with van der Waals surface area (Å²) in [6, 6.07) is 7.12. The van der Waals surface area contributed by atoms with Crippen LogP contribution in [0.2, 0.25) is 0 Å². The van der Waals surface area contributed by atoms with Crippen LogP contribution in [-0.4, -0.2) is 40.0 Å². The van der Waals surface area contributed by atoms with E-state index in [-0.39, 0.29) is 23.9 Å². The molecule has 1 amide bonds. The molecule has 3 atom stereocenters. The molecule has 0 spiro atoms. The Balaban J connectivity index is 1.90. The number of allylic oxidation sites excluding steroid dienone is 1. The largest absolute Gasteiger partial charge is 0.366 e. The second-order valence-electron chi connectivity index (χ2n) is 7.79. The first kappa shape index (κ1) is 20.3. The minimum absolute atomic E-state index is 0.0252. The van der Waals surface area contributed by atoms with Crippen molar-refractivity contribution in [1.82, 2.24) is 10.6 Å². The monoisotopic (exact) mass is 401 g/mol. The summed E-state index contributed by atoms with van der Waals surface area (Å²) in [5.74, 6) is 0.466. The number of benzene rings is 1. The van der Waals surface area contributed by atoms with Gasteiger partial charge in [-0.05, 0) is 30.0 Å². The van der Waals surface area contributed by atoms with Gasteiger partial charge in [-0.1, -0.05) is 38.1 Å². The fourth-order valence-corrected chi connectivity index (χ4v) is 4.29. The molecule has 6 nitrogen and oxygen atoms in total. The van der Waals surface area contributed by atoms with Gasteiger partial charge in [0.05, 0.1) is 10.5 Å². The van der Waals surface area contributed by atoms with Crippen LogP contribution in [0.15, 0.2) is 57.6 Å². The number of aliphatic imine (C=N–C) groups is 1. The Bertz CT molecular complexity index is 944. The number of rotatable bonds is 6. The van der Waals surface area contributed by atoms with Crippen LogP contribution >= 0.6 is 0 Å². The van der Waals surface area contributed by atoms with Gasteiger partial charge < -0.3 is 10.6 Å². The van der Waals surface area contributed by atoms with Gasteiger partial charge in [-0.3, -0.25) is 9.79 Å². The van der Waals surface area contributed by atoms with E-state index in [1.165, 1.54) is 6.26 Å². The zero-order valence-electron chi connectivity index (χ0n) is 16.6. The van der Waals surface area contributed by atoms with Gasteiger partial charge in [0.25, 0.3) is 5.91 Å². The van der Waals surface area contributed by atoms with Crippen molar-refractivity contribution in [2.24, 2.45) is 16.8 Å². The molecule has 0 fully saturated rings. The number of hydrogen-bond acceptors (Lipinski definition) is 5. The van der Waals surface area contributed by atoms with Gasteiger partial charge in [-0.2, -0.15) is 0 Å². The first-order valence-electron chi connectivity index (χ1n) is 9.44. The molecule has 28 heavy (non-hydrogen) atoms. The average Bonchev–Trinajstić information content (AvgIpc) is 3.07. The van der Waals surface area contributed by atoms with Crippen LogP contribution in [0.4, 0.5) is 0 Å². The lowest BCUT2D eigenvalue weighted by Crippen LogP contribution is -2.32. The van der Waals surface area contributed by atoms with E-state index in [1.54, 1.807) is 25.4 Å². The summed E-state index contributed by atoms with van der Waals surface area (Å²) < 4.78 is 23.5. The molecule has 3 unspecified atom stereocenters. The molecule has 0 radical (unpaired) electrons. The SMILES string of the molecule is CNC(=O)C1=CC2C=C(C(CC(C)C)c3ccc(S(C)(=O)=O)cc3)NC2N=C1. The molecule has 0 aromatic heterocycles. The lowest BCUT2D eigenvalue weighted by molar-refractivity contribution is -0.116. The predicted octanol–water partition coefficient (Wildman–Crippen LogP) is 2.41. The summed E-state index contributed by atoms with van der Waals surface area (Å²) in [7, 11) is -1.61. The Morgan fingerprint density at radius 1 is 1.21 bits per heavy atom. The first-order chi connectivity index (χ1) is 13.2. The normalized spacial score (nSPS) is 22.2. The average molecular weight is 402 g/mol. The van der Waals surface area contributed by atoms with Crippen molar-refractivity contribution in [3.05, 3.63) is 53.3 Å². The van der Waals surface area contributed by atoms with Crippen molar-refractivity contribution in [1.29, 1.82) is 0 Å². The molecule has 7 heteroatoms. The van der Waals surface area contributed by atoms with Crippen molar-refractivity contribution in [2.45, 2.75) is 37.2 Å². The third kappa shape index (κ3) is 4.35. The summed E-state index contributed by atoms with van der Waals surface area (Å²) in [6.07, 6.45) is 7.73. The van der Waals surface area contributed by atoms with E-state index >= 15 is 0 Å². The summed E-state index contributed by atoms with van der Waals surface area (Å²) in [5.41, 5.74) is 2.71. The number of carbonyl (C=O) groups is 1. The molecule has 0 aliphatic carbocycles. The molecule has 2 N–H and O–H groups in total. The highest BCUT2D eigenvalue weighted by Gasteiger charge is 2.32. The van der Waals surface area contributed by atoms with Gasteiger partial charge in [0.1, 0.15) is 6.17 Å². The maximum absolute atomic E-state index is 11.9. The van der Waals surface area contributed by atoms with Gasteiger partial charge in [-0.15, -0.1) is 0 Å². The topological polar surface area (TPSA) is 87.6 Å². The number of nitrogens with one attached hydrogen (secondary N) is 2. The number of dihydropyridines is 1. The molecule has 3 rings (SSSR count). The Morgan fingerprint density at radius 3 is 2.46 bits per heavy atom. The van der Waals surface area contributed by atoms with E-state index in [2.05, 4.69) is 35.5 Å². The number of nitrogens with zero attached hydrogens (tertiary/aromatic N) is 1. The number of likely N-dealkylation sites (N-methyl/N-ethyl adjacent to an activating group) is 1. The number of amides is 1. The molecule has 2 aliphatic rings. The summed E-state index contributed by atoms with van der Waals surface area (Å²) in [6.45, 7) is 4.34. The van der Waals surface area contributed by atoms with Crippen LogP contribution in [0, 0.1) is 11.8 Å². The van der Waals surface area contributed by atoms with E-state index in [9.17, 15) is 13.2 Å². The molecular weight excluding hydrogens is 374 g/mol. The smallest absolute Gasteiger partial charge is 0.252 e. The molecule has 150 valence electrons. The zero-order chi connectivity index (χ0) is 20.5. The predicted molar refractivity (Wildman–Crippen MR) is 111 cm³/mol. The molecular formula is C21H27N3O3S. The Hall–Kier alpha value is -2.41. The van der Waals surface area contributed by atoms with Gasteiger partial charge in [0, 0.05) is 37.1 Å². The summed E-state index contributed by atoms with van der Waals surface area (Å²) in [5, 5.41) is 6.12. The molecule has 0 saturated carbocycles. The Kier molecular flexibility index (Phi) is 5.74. The highest BCUT2D eigenvalue weighted by atomic mass is 32.2. The summed E-state index contributed by atoms with van der Waals surface area (Å²) >= 11 is 0. The van der Waals surface area contributed by atoms with Gasteiger partial charge in [0.15, 0.2) is 9.84 Å². The lowest BCUT2D eigenvalue weighted by Gasteiger charge is -2.23. The Labute approximate surface area is 166 Å². The van der Waals surface area contributed by atoms with Crippen LogP contribution in [0.3, 0.4) is 0 Å². The molecule has 0 saturated heterocycles. The number of fused-ring (bicyclic) bond motifs is 1. The second-order valence-corrected chi connectivity index (χ2v) is 9.81. The van der Waals surface area contributed by atoms with Gasteiger partial charge in [-0.25, -0.2) is 8.42 Å². The Morgan fingerprint density at radius 2 is 1.89 bits per heavy atom. The zero-order valence-corrected chi connectivity index (χ0v) is 17.5. The second kappa shape index (κ2) is 7.91. The van der Waals surface area contributed by atoms with Gasteiger partial charge in [0.2, 0.25) is 0 Å². The van der Waals surface area contributed by atoms with E-state index < -0.39 is 9.84 Å². The van der Waals surface area contributed by atoms with E-state index in [1.807, 2.05) is 18.2 Å². The summed E-state index contributed by atoms with van der Waals surface area (Å²) in [4.78, 5) is 16.7. The van der Waals surface area contributed by atoms with E-state index in [0.29, 0.717) is 16.4 Å². The van der Waals surface area contributed by atoms with Crippen LogP contribution in [0.5, 0.6) is 0 Å². The maximum Gasteiger partial charge on any atom is 0.252 e. The van der Waals surface area contributed by atoms with Crippen molar-refractivity contribution in [2.75, 3.05) is 13.3 Å². The fraction of sp³-hybridized carbons (Fsp3) is 0.429. The van der Waals surface area contributed by atoms with Crippen LogP contribution in [-0.2, 0) is 14.6 Å². The minimum Gasteiger partial charge on any atom is -0.366 e. The van der Waals surface area contributed by atoms with Crippen LogP contribution in [0.25, 0.3) is 0 Å². The molecule has 0 bridgehead atoms. The fourth-order valence-electron chi connectivity index (χ4n) is 3.66. The lowest BCUT2D eigenvalue weighted by atomic mass is 9.87. The highest BCUT2D eigenvalue weighted by Crippen LogP contribution is 2.36. The number of sulfone groups is 1. The van der Waals surface area contributed by atoms with Crippen molar-refractivity contribution >= 4 is 22.0 Å². The first-order valence-corrected chi connectivity index (χ1v) is 11.3. The van der Waals surface area contributed by atoms with Gasteiger partial charge >= 0.3 is 0 Å². The van der Waals surface area contributed by atoms with E-state index in [0.717, 1.165) is 17.7 Å². The van der Waals surface area contributed by atoms with Crippen molar-refractivity contribution in [3.8, 4) is 0 Å². The standard InChI is InChI=1S/C21H27N3O3S/c1-13(2)9-18(14-5-7-17(8-6-14)28(4,26)27)19-11-15-10-16(21(25)22-3)12-23-20(15)24-19/h5-8,10-13,15,18,20,24H,9H2,1-4H3,(H,22,25). The molecule has 1 aromatic rings. The number of hydrogen-bond donors (Lipinski definition) is 2. The minimum atomic E-state index is -3.22. The van der Waals surface area contributed by atoms with Crippen LogP contribution in [0.1, 0.15) is 31.7 Å². The third-order valence-electron chi connectivity index (χ3n) is 5.08. The van der Waals surface area contributed by atoms with E-state index in [4.69, 9.17) is 0 Å². The highest BCUT2D eigenvalue weighted by molar-refractivity contribution is 7.90. The quantitative estimate of drug-likeness (QED) is 0.766. The van der Waals surface area contributed by atoms with Crippen molar-refractivity contribution in [3.63, 3.8) is 0 Å². The maximum atomic E-state index is 11.9. The third-order valence-corrected chi connectivity index (χ3v) is 6.21. The number of carbonyl (C=O) groups excluding carboxylic acids is 1. The van der Waals surface area contributed by atoms with Crippen LogP contribution < -0.4 is 10.6 Å². The molecule has 2 aliphatic heterocycles. The molecule has 1 aromatic carbocycles. The van der Waals surface area contributed by atoms with Crippen molar-refractivity contribution < 1.29 is 13.2 Å².